The topological polar surface area (TPSA) is 83.0 Å². The van der Waals surface area contributed by atoms with Crippen LogP contribution in [0.3, 0.4) is 0 Å². The number of fused-ring (bicyclic) bond motifs is 1. The summed E-state index contributed by atoms with van der Waals surface area (Å²) >= 11 is 0. The predicted octanol–water partition coefficient (Wildman–Crippen LogP) is 5.12. The Hall–Kier alpha value is -4.28. The van der Waals surface area contributed by atoms with E-state index in [4.69, 9.17) is 0 Å². The van der Waals surface area contributed by atoms with Crippen LogP contribution in [0.1, 0.15) is 15.9 Å². The number of aromatic nitrogens is 3. The second kappa shape index (κ2) is 10.1. The molecule has 1 amide bonds. The Labute approximate surface area is 204 Å². The molecule has 4 aromatic rings. The third-order valence-electron chi connectivity index (χ3n) is 5.20. The molecule has 4 rings (SSSR count). The van der Waals surface area contributed by atoms with Crippen LogP contribution in [0, 0.1) is 5.82 Å². The van der Waals surface area contributed by atoms with E-state index in [0.717, 1.165) is 5.56 Å². The van der Waals surface area contributed by atoms with Gasteiger partial charge in [-0.05, 0) is 54.1 Å². The van der Waals surface area contributed by atoms with Gasteiger partial charge in [-0.25, -0.2) is 14.4 Å². The van der Waals surface area contributed by atoms with Crippen LogP contribution in [0.15, 0.2) is 60.7 Å². The molecular formula is C25H22F4N6O. The molecule has 0 unspecified atom stereocenters. The van der Waals surface area contributed by atoms with Gasteiger partial charge in [-0.1, -0.05) is 12.1 Å². The first-order chi connectivity index (χ1) is 17.1. The van der Waals surface area contributed by atoms with Crippen molar-refractivity contribution in [2.45, 2.75) is 12.7 Å². The van der Waals surface area contributed by atoms with Crippen molar-refractivity contribution in [3.8, 4) is 11.3 Å². The summed E-state index contributed by atoms with van der Waals surface area (Å²) in [6, 6.07) is 15.8. The van der Waals surface area contributed by atoms with E-state index in [-0.39, 0.29) is 29.7 Å². The Balaban J connectivity index is 1.61. The van der Waals surface area contributed by atoms with Crippen LogP contribution in [-0.4, -0.2) is 52.6 Å². The van der Waals surface area contributed by atoms with Gasteiger partial charge in [0.25, 0.3) is 5.91 Å². The summed E-state index contributed by atoms with van der Waals surface area (Å²) in [6.45, 7) is -1.02. The molecule has 7 nitrogen and oxygen atoms in total. The lowest BCUT2D eigenvalue weighted by Crippen LogP contribution is -2.22. The molecule has 0 aliphatic heterocycles. The number of carbonyl (C=O) groups is 1. The maximum atomic E-state index is 13.3. The average molecular weight is 498 g/mol. The molecule has 11 heteroatoms. The highest BCUT2D eigenvalue weighted by Crippen LogP contribution is 2.26. The van der Waals surface area contributed by atoms with Gasteiger partial charge >= 0.3 is 6.18 Å². The summed E-state index contributed by atoms with van der Waals surface area (Å²) in [6.07, 6.45) is -4.47. The third kappa shape index (κ3) is 6.04. The minimum absolute atomic E-state index is 0.0873. The SMILES string of the molecule is CN(C)C(=O)c1ccc(CNc2nc(NCC(F)(F)F)c3nc(-c4ccc(F)cc4)ccc3n2)cc1. The van der Waals surface area contributed by atoms with Crippen LogP contribution in [0.4, 0.5) is 29.3 Å². The maximum Gasteiger partial charge on any atom is 0.405 e. The quantitative estimate of drug-likeness (QED) is 0.344. The summed E-state index contributed by atoms with van der Waals surface area (Å²) < 4.78 is 52.1. The molecule has 186 valence electrons. The Morgan fingerprint density at radius 3 is 2.22 bits per heavy atom. The molecule has 2 N–H and O–H groups in total. The van der Waals surface area contributed by atoms with E-state index < -0.39 is 18.5 Å². The van der Waals surface area contributed by atoms with Crippen LogP contribution >= 0.6 is 0 Å². The smallest absolute Gasteiger partial charge is 0.359 e. The molecule has 0 atom stereocenters. The van der Waals surface area contributed by atoms with E-state index in [1.54, 1.807) is 50.5 Å². The summed E-state index contributed by atoms with van der Waals surface area (Å²) in [4.78, 5) is 26.6. The lowest BCUT2D eigenvalue weighted by atomic mass is 10.1. The number of anilines is 2. The van der Waals surface area contributed by atoms with Gasteiger partial charge in [-0.2, -0.15) is 18.2 Å². The van der Waals surface area contributed by atoms with Crippen LogP contribution in [0.5, 0.6) is 0 Å². The molecule has 0 aliphatic carbocycles. The van der Waals surface area contributed by atoms with Crippen molar-refractivity contribution in [3.63, 3.8) is 0 Å². The fourth-order valence-corrected chi connectivity index (χ4v) is 3.39. The van der Waals surface area contributed by atoms with Crippen LogP contribution < -0.4 is 10.6 Å². The standard InChI is InChI=1S/C25H22F4N6O/c1-35(2)23(36)17-5-3-15(4-6-17)13-30-24-33-20-12-11-19(16-7-9-18(26)10-8-16)32-21(20)22(34-24)31-14-25(27,28)29/h3-12H,13-14H2,1-2H3,(H2,30,31,33,34). The van der Waals surface area contributed by atoms with Gasteiger partial charge in [0.2, 0.25) is 5.95 Å². The summed E-state index contributed by atoms with van der Waals surface area (Å²) in [5.74, 6) is -0.516. The highest BCUT2D eigenvalue weighted by Gasteiger charge is 2.27. The van der Waals surface area contributed by atoms with Crippen molar-refractivity contribution < 1.29 is 22.4 Å². The molecule has 0 aliphatic rings. The van der Waals surface area contributed by atoms with Gasteiger partial charge in [0, 0.05) is 31.8 Å². The molecule has 0 saturated carbocycles. The van der Waals surface area contributed by atoms with Crippen LogP contribution in [0.25, 0.3) is 22.3 Å². The summed E-state index contributed by atoms with van der Waals surface area (Å²) in [7, 11) is 3.33. The first-order valence-corrected chi connectivity index (χ1v) is 10.9. The number of halogens is 4. The average Bonchev–Trinajstić information content (AvgIpc) is 2.85. The number of alkyl halides is 3. The first kappa shape index (κ1) is 24.8. The number of pyridine rings is 1. The zero-order valence-corrected chi connectivity index (χ0v) is 19.4. The van der Waals surface area contributed by atoms with Crippen molar-refractivity contribution in [2.75, 3.05) is 31.3 Å². The number of hydrogen-bond acceptors (Lipinski definition) is 6. The van der Waals surface area contributed by atoms with Crippen LogP contribution in [-0.2, 0) is 6.54 Å². The molecule has 36 heavy (non-hydrogen) atoms. The number of rotatable bonds is 7. The molecule has 2 aromatic heterocycles. The normalized spacial score (nSPS) is 11.4. The summed E-state index contributed by atoms with van der Waals surface area (Å²) in [5, 5.41) is 5.31. The van der Waals surface area contributed by atoms with Gasteiger partial charge in [0.1, 0.15) is 17.9 Å². The van der Waals surface area contributed by atoms with Crippen LogP contribution in [0.2, 0.25) is 0 Å². The fraction of sp³-hybridized carbons (Fsp3) is 0.200. The number of nitrogens with zero attached hydrogens (tertiary/aromatic N) is 4. The lowest BCUT2D eigenvalue weighted by Gasteiger charge is -2.14. The zero-order chi connectivity index (χ0) is 25.9. The Morgan fingerprint density at radius 2 is 1.58 bits per heavy atom. The molecule has 2 aromatic carbocycles. The molecule has 0 radical (unpaired) electrons. The first-order valence-electron chi connectivity index (χ1n) is 10.9. The molecule has 2 heterocycles. The Morgan fingerprint density at radius 1 is 0.889 bits per heavy atom. The molecular weight excluding hydrogens is 476 g/mol. The second-order valence-corrected chi connectivity index (χ2v) is 8.19. The van der Waals surface area contributed by atoms with Gasteiger partial charge < -0.3 is 15.5 Å². The van der Waals surface area contributed by atoms with Crippen molar-refractivity contribution >= 4 is 28.7 Å². The highest BCUT2D eigenvalue weighted by molar-refractivity contribution is 5.93. The highest BCUT2D eigenvalue weighted by atomic mass is 19.4. The van der Waals surface area contributed by atoms with Crippen molar-refractivity contribution in [2.24, 2.45) is 0 Å². The predicted molar refractivity (Wildman–Crippen MR) is 129 cm³/mol. The van der Waals surface area contributed by atoms with Gasteiger partial charge in [-0.15, -0.1) is 0 Å². The van der Waals surface area contributed by atoms with Gasteiger partial charge in [-0.3, -0.25) is 4.79 Å². The van der Waals surface area contributed by atoms with Crippen molar-refractivity contribution in [3.05, 3.63) is 77.6 Å². The molecule has 0 fully saturated rings. The maximum absolute atomic E-state index is 13.3. The molecule has 0 saturated heterocycles. The second-order valence-electron chi connectivity index (χ2n) is 8.19. The Bertz CT molecular complexity index is 1370. The third-order valence-corrected chi connectivity index (χ3v) is 5.20. The Kier molecular flexibility index (Phi) is 7.00. The number of carbonyl (C=O) groups excluding carboxylic acids is 1. The van der Waals surface area contributed by atoms with E-state index >= 15 is 0 Å². The van der Waals surface area contributed by atoms with E-state index in [1.807, 2.05) is 0 Å². The molecule has 0 bridgehead atoms. The molecule has 0 spiro atoms. The largest absolute Gasteiger partial charge is 0.405 e. The number of benzene rings is 2. The number of amides is 1. The van der Waals surface area contributed by atoms with E-state index in [9.17, 15) is 22.4 Å². The lowest BCUT2D eigenvalue weighted by molar-refractivity contribution is -0.115. The number of nitrogens with one attached hydrogen (secondary N) is 2. The van der Waals surface area contributed by atoms with Crippen molar-refractivity contribution in [1.82, 2.24) is 19.9 Å². The van der Waals surface area contributed by atoms with E-state index in [0.29, 0.717) is 22.3 Å². The monoisotopic (exact) mass is 498 g/mol. The van der Waals surface area contributed by atoms with E-state index in [2.05, 4.69) is 25.6 Å². The van der Waals surface area contributed by atoms with Crippen molar-refractivity contribution in [1.29, 1.82) is 0 Å². The summed E-state index contributed by atoms with van der Waals surface area (Å²) in [5.41, 5.74) is 2.87. The van der Waals surface area contributed by atoms with Gasteiger partial charge in [0.05, 0.1) is 11.2 Å². The minimum atomic E-state index is -4.47. The fourth-order valence-electron chi connectivity index (χ4n) is 3.39. The van der Waals surface area contributed by atoms with E-state index in [1.165, 1.54) is 29.2 Å². The zero-order valence-electron chi connectivity index (χ0n) is 19.4. The van der Waals surface area contributed by atoms with Gasteiger partial charge in [0.15, 0.2) is 5.82 Å². The minimum Gasteiger partial charge on any atom is -0.359 e. The number of hydrogen-bond donors (Lipinski definition) is 2.